The van der Waals surface area contributed by atoms with Gasteiger partial charge in [0, 0.05) is 39.3 Å². The van der Waals surface area contributed by atoms with Crippen molar-refractivity contribution in [2.45, 2.75) is 20.0 Å². The first-order chi connectivity index (χ1) is 8.08. The molecule has 1 amide bonds. The molecule has 100 valence electrons. The smallest absolute Gasteiger partial charge is 0.246 e. The Morgan fingerprint density at radius 3 is 2.53 bits per heavy atom. The average Bonchev–Trinajstić information content (AvgIpc) is 2.29. The second-order valence-corrected chi connectivity index (χ2v) is 4.85. The molecule has 0 bridgehead atoms. The average molecular weight is 243 g/mol. The third-order valence-corrected chi connectivity index (χ3v) is 2.89. The Hall–Kier alpha value is -0.650. The molecule has 0 saturated carbocycles. The van der Waals surface area contributed by atoms with Gasteiger partial charge in [-0.15, -0.1) is 0 Å². The molecule has 17 heavy (non-hydrogen) atoms. The summed E-state index contributed by atoms with van der Waals surface area (Å²) in [5.41, 5.74) is 0. The normalized spacial score (nSPS) is 18.6. The van der Waals surface area contributed by atoms with Gasteiger partial charge in [-0.25, -0.2) is 0 Å². The molecule has 0 aliphatic carbocycles. The highest BCUT2D eigenvalue weighted by molar-refractivity contribution is 5.77. The summed E-state index contributed by atoms with van der Waals surface area (Å²) in [5, 5.41) is 2.88. The van der Waals surface area contributed by atoms with Gasteiger partial charge in [0.1, 0.15) is 6.61 Å². The first kappa shape index (κ1) is 14.4. The van der Waals surface area contributed by atoms with E-state index in [1.807, 2.05) is 13.8 Å². The lowest BCUT2D eigenvalue weighted by Gasteiger charge is -2.32. The van der Waals surface area contributed by atoms with Crippen molar-refractivity contribution >= 4 is 5.91 Å². The zero-order valence-corrected chi connectivity index (χ0v) is 11.2. The molecule has 0 aromatic rings. The van der Waals surface area contributed by atoms with Gasteiger partial charge in [0.25, 0.3) is 0 Å². The third kappa shape index (κ3) is 6.61. The molecule has 0 aromatic heterocycles. The van der Waals surface area contributed by atoms with Crippen molar-refractivity contribution in [2.24, 2.45) is 0 Å². The molecule has 1 saturated heterocycles. The zero-order chi connectivity index (χ0) is 12.7. The SMILES string of the molecule is CC(C)OCC(=O)NCCN1CCN(C)CC1. The number of nitrogens with zero attached hydrogens (tertiary/aromatic N) is 2. The lowest BCUT2D eigenvalue weighted by molar-refractivity contribution is -0.127. The number of piperazine rings is 1. The molecule has 1 rings (SSSR count). The summed E-state index contributed by atoms with van der Waals surface area (Å²) in [6.07, 6.45) is 0.110. The lowest BCUT2D eigenvalue weighted by Crippen LogP contribution is -2.47. The molecule has 1 fully saturated rings. The molecule has 1 aliphatic heterocycles. The van der Waals surface area contributed by atoms with Crippen LogP contribution in [0.15, 0.2) is 0 Å². The Balaban J connectivity index is 2.01. The molecule has 5 nitrogen and oxygen atoms in total. The number of likely N-dealkylation sites (N-methyl/N-ethyl adjacent to an activating group) is 1. The number of ether oxygens (including phenoxy) is 1. The van der Waals surface area contributed by atoms with Crippen LogP contribution in [0, 0.1) is 0 Å². The van der Waals surface area contributed by atoms with Crippen molar-refractivity contribution in [3.8, 4) is 0 Å². The summed E-state index contributed by atoms with van der Waals surface area (Å²) >= 11 is 0. The van der Waals surface area contributed by atoms with E-state index in [-0.39, 0.29) is 18.6 Å². The molecule has 1 N–H and O–H groups in total. The molecule has 0 radical (unpaired) electrons. The van der Waals surface area contributed by atoms with Crippen LogP contribution in [0.1, 0.15) is 13.8 Å². The van der Waals surface area contributed by atoms with Gasteiger partial charge >= 0.3 is 0 Å². The molecule has 0 spiro atoms. The Bertz CT molecular complexity index is 226. The summed E-state index contributed by atoms with van der Waals surface area (Å²) < 4.78 is 5.23. The van der Waals surface area contributed by atoms with Gasteiger partial charge in [-0.3, -0.25) is 9.69 Å². The number of carbonyl (C=O) groups is 1. The fourth-order valence-corrected chi connectivity index (χ4v) is 1.72. The Morgan fingerprint density at radius 1 is 1.29 bits per heavy atom. The van der Waals surface area contributed by atoms with E-state index < -0.39 is 0 Å². The molecule has 0 atom stereocenters. The number of rotatable bonds is 6. The van der Waals surface area contributed by atoms with Crippen molar-refractivity contribution in [1.29, 1.82) is 0 Å². The molecule has 1 heterocycles. The second kappa shape index (κ2) is 7.63. The molecular formula is C12H25N3O2. The number of amides is 1. The Kier molecular flexibility index (Phi) is 6.47. The monoisotopic (exact) mass is 243 g/mol. The first-order valence-electron chi connectivity index (χ1n) is 6.37. The van der Waals surface area contributed by atoms with Crippen molar-refractivity contribution in [2.75, 3.05) is 52.9 Å². The van der Waals surface area contributed by atoms with Crippen LogP contribution in [0.2, 0.25) is 0 Å². The van der Waals surface area contributed by atoms with Crippen molar-refractivity contribution < 1.29 is 9.53 Å². The molecular weight excluding hydrogens is 218 g/mol. The highest BCUT2D eigenvalue weighted by Crippen LogP contribution is 1.97. The van der Waals surface area contributed by atoms with E-state index in [2.05, 4.69) is 22.2 Å². The van der Waals surface area contributed by atoms with Gasteiger partial charge in [0.15, 0.2) is 0 Å². The van der Waals surface area contributed by atoms with Gasteiger partial charge in [0.05, 0.1) is 6.10 Å². The topological polar surface area (TPSA) is 44.8 Å². The number of hydrogen-bond donors (Lipinski definition) is 1. The quantitative estimate of drug-likeness (QED) is 0.700. The Morgan fingerprint density at radius 2 is 1.94 bits per heavy atom. The zero-order valence-electron chi connectivity index (χ0n) is 11.2. The predicted octanol–water partition coefficient (Wildman–Crippen LogP) is -0.225. The highest BCUT2D eigenvalue weighted by Gasteiger charge is 2.13. The summed E-state index contributed by atoms with van der Waals surface area (Å²) in [5.74, 6) is -0.0205. The number of hydrogen-bond acceptors (Lipinski definition) is 4. The fraction of sp³-hybridized carbons (Fsp3) is 0.917. The largest absolute Gasteiger partial charge is 0.369 e. The van der Waals surface area contributed by atoms with E-state index in [1.165, 1.54) is 0 Å². The molecule has 1 aliphatic rings. The van der Waals surface area contributed by atoms with Crippen molar-refractivity contribution in [3.05, 3.63) is 0 Å². The summed E-state index contributed by atoms with van der Waals surface area (Å²) in [6.45, 7) is 10.1. The van der Waals surface area contributed by atoms with Crippen LogP contribution >= 0.6 is 0 Å². The minimum absolute atomic E-state index is 0.0205. The lowest BCUT2D eigenvalue weighted by atomic mass is 10.3. The number of carbonyl (C=O) groups excluding carboxylic acids is 1. The second-order valence-electron chi connectivity index (χ2n) is 4.85. The van der Waals surface area contributed by atoms with E-state index in [4.69, 9.17) is 4.74 Å². The minimum atomic E-state index is -0.0205. The van der Waals surface area contributed by atoms with Crippen LogP contribution < -0.4 is 5.32 Å². The van der Waals surface area contributed by atoms with E-state index in [9.17, 15) is 4.79 Å². The Labute approximate surface area is 104 Å². The third-order valence-electron chi connectivity index (χ3n) is 2.89. The van der Waals surface area contributed by atoms with Crippen LogP contribution in [0.3, 0.4) is 0 Å². The summed E-state index contributed by atoms with van der Waals surface area (Å²) in [7, 11) is 2.14. The van der Waals surface area contributed by atoms with Crippen LogP contribution in [0.5, 0.6) is 0 Å². The summed E-state index contributed by atoms with van der Waals surface area (Å²) in [4.78, 5) is 16.1. The van der Waals surface area contributed by atoms with E-state index in [0.29, 0.717) is 6.54 Å². The highest BCUT2D eigenvalue weighted by atomic mass is 16.5. The van der Waals surface area contributed by atoms with E-state index in [1.54, 1.807) is 0 Å². The van der Waals surface area contributed by atoms with Gasteiger partial charge in [-0.05, 0) is 20.9 Å². The van der Waals surface area contributed by atoms with Crippen LogP contribution in [-0.2, 0) is 9.53 Å². The van der Waals surface area contributed by atoms with E-state index >= 15 is 0 Å². The summed E-state index contributed by atoms with van der Waals surface area (Å²) in [6, 6.07) is 0. The molecule has 5 heteroatoms. The van der Waals surface area contributed by atoms with E-state index in [0.717, 1.165) is 32.7 Å². The first-order valence-corrected chi connectivity index (χ1v) is 6.37. The number of nitrogens with one attached hydrogen (secondary N) is 1. The fourth-order valence-electron chi connectivity index (χ4n) is 1.72. The van der Waals surface area contributed by atoms with Gasteiger partial charge in [-0.2, -0.15) is 0 Å². The molecule has 0 aromatic carbocycles. The predicted molar refractivity (Wildman–Crippen MR) is 68.0 cm³/mol. The maximum atomic E-state index is 11.4. The van der Waals surface area contributed by atoms with Gasteiger partial charge in [-0.1, -0.05) is 0 Å². The van der Waals surface area contributed by atoms with Crippen LogP contribution in [-0.4, -0.2) is 74.7 Å². The van der Waals surface area contributed by atoms with Crippen molar-refractivity contribution in [3.63, 3.8) is 0 Å². The van der Waals surface area contributed by atoms with Crippen LogP contribution in [0.4, 0.5) is 0 Å². The van der Waals surface area contributed by atoms with Gasteiger partial charge < -0.3 is 15.0 Å². The van der Waals surface area contributed by atoms with Crippen LogP contribution in [0.25, 0.3) is 0 Å². The van der Waals surface area contributed by atoms with Crippen molar-refractivity contribution in [1.82, 2.24) is 15.1 Å². The van der Waals surface area contributed by atoms with Gasteiger partial charge in [0.2, 0.25) is 5.91 Å². The minimum Gasteiger partial charge on any atom is -0.369 e. The standard InChI is InChI=1S/C12H25N3O2/c1-11(2)17-10-12(16)13-4-5-15-8-6-14(3)7-9-15/h11H,4-10H2,1-3H3,(H,13,16). The maximum Gasteiger partial charge on any atom is 0.246 e. The maximum absolute atomic E-state index is 11.4. The molecule has 0 unspecified atom stereocenters.